The summed E-state index contributed by atoms with van der Waals surface area (Å²) in [6, 6.07) is 5.60. The van der Waals surface area contributed by atoms with Crippen LogP contribution in [0.4, 0.5) is 0 Å². The van der Waals surface area contributed by atoms with Gasteiger partial charge in [-0.05, 0) is 42.5 Å². The summed E-state index contributed by atoms with van der Waals surface area (Å²) in [7, 11) is 0. The minimum atomic E-state index is -0.367. The second-order valence-corrected chi connectivity index (χ2v) is 5.70. The molecule has 15 heavy (non-hydrogen) atoms. The fourth-order valence-electron chi connectivity index (χ4n) is 1.54. The zero-order valence-corrected chi connectivity index (χ0v) is 10.3. The normalized spacial score (nSPS) is 12.9. The molecule has 0 unspecified atom stereocenters. The Morgan fingerprint density at radius 1 is 1.07 bits per heavy atom. The lowest BCUT2D eigenvalue weighted by molar-refractivity contribution is 0.444. The van der Waals surface area contributed by atoms with Crippen molar-refractivity contribution in [2.45, 2.75) is 45.6 Å². The smallest absolute Gasteiger partial charge is 0.119 e. The van der Waals surface area contributed by atoms with Crippen LogP contribution in [-0.4, -0.2) is 5.11 Å². The maximum atomic E-state index is 9.80. The van der Waals surface area contributed by atoms with E-state index in [-0.39, 0.29) is 11.0 Å². The quantitative estimate of drug-likeness (QED) is 0.743. The van der Waals surface area contributed by atoms with Gasteiger partial charge in [0.25, 0.3) is 0 Å². The lowest BCUT2D eigenvalue weighted by Crippen LogP contribution is -2.29. The fourth-order valence-corrected chi connectivity index (χ4v) is 1.54. The van der Waals surface area contributed by atoms with Crippen LogP contribution in [0, 0.1) is 0 Å². The van der Waals surface area contributed by atoms with Crippen molar-refractivity contribution in [1.29, 1.82) is 0 Å². The zero-order valence-electron chi connectivity index (χ0n) is 10.3. The molecule has 2 heteroatoms. The number of benzene rings is 1. The van der Waals surface area contributed by atoms with Gasteiger partial charge < -0.3 is 10.8 Å². The minimum absolute atomic E-state index is 0.0641. The molecule has 0 aliphatic heterocycles. The lowest BCUT2D eigenvalue weighted by atomic mass is 9.83. The van der Waals surface area contributed by atoms with Gasteiger partial charge in [0.1, 0.15) is 5.75 Å². The fraction of sp³-hybridized carbons (Fsp3) is 0.538. The van der Waals surface area contributed by atoms with E-state index in [1.165, 1.54) is 0 Å². The van der Waals surface area contributed by atoms with Gasteiger partial charge in [-0.2, -0.15) is 0 Å². The number of hydrogen-bond donors (Lipinski definition) is 2. The minimum Gasteiger partial charge on any atom is -0.508 e. The van der Waals surface area contributed by atoms with Crippen molar-refractivity contribution in [3.63, 3.8) is 0 Å². The molecule has 0 aliphatic carbocycles. The maximum absolute atomic E-state index is 9.80. The predicted octanol–water partition coefficient (Wildman–Crippen LogP) is 2.88. The highest BCUT2D eigenvalue weighted by Gasteiger charge is 2.21. The van der Waals surface area contributed by atoms with Crippen molar-refractivity contribution in [2.75, 3.05) is 0 Å². The summed E-state index contributed by atoms with van der Waals surface area (Å²) >= 11 is 0. The highest BCUT2D eigenvalue weighted by molar-refractivity contribution is 5.42. The molecule has 0 spiro atoms. The third-order valence-corrected chi connectivity index (χ3v) is 2.55. The van der Waals surface area contributed by atoms with Gasteiger partial charge in [0.05, 0.1) is 0 Å². The largest absolute Gasteiger partial charge is 0.508 e. The highest BCUT2D eigenvalue weighted by Crippen LogP contribution is 2.33. The third kappa shape index (κ3) is 2.72. The van der Waals surface area contributed by atoms with Gasteiger partial charge in [-0.1, -0.05) is 26.8 Å². The molecule has 1 aromatic carbocycles. The van der Waals surface area contributed by atoms with Gasteiger partial charge in [0, 0.05) is 5.54 Å². The molecular weight excluding hydrogens is 186 g/mol. The van der Waals surface area contributed by atoms with E-state index in [9.17, 15) is 5.11 Å². The van der Waals surface area contributed by atoms with E-state index in [1.807, 2.05) is 26.0 Å². The topological polar surface area (TPSA) is 46.2 Å². The molecule has 3 N–H and O–H groups in total. The Labute approximate surface area is 92.1 Å². The van der Waals surface area contributed by atoms with Gasteiger partial charge in [-0.3, -0.25) is 0 Å². The second kappa shape index (κ2) is 3.53. The van der Waals surface area contributed by atoms with Crippen LogP contribution in [0.5, 0.6) is 5.75 Å². The van der Waals surface area contributed by atoms with E-state index in [0.29, 0.717) is 5.75 Å². The van der Waals surface area contributed by atoms with Crippen LogP contribution >= 0.6 is 0 Å². The SMILES string of the molecule is CC(C)(C)c1cc(C(C)(C)N)ccc1O. The summed E-state index contributed by atoms with van der Waals surface area (Å²) in [5.41, 5.74) is 7.60. The Kier molecular flexibility index (Phi) is 2.83. The van der Waals surface area contributed by atoms with Crippen molar-refractivity contribution in [1.82, 2.24) is 0 Å². The summed E-state index contributed by atoms with van der Waals surface area (Å²) in [6.07, 6.45) is 0. The molecule has 1 aromatic rings. The van der Waals surface area contributed by atoms with Crippen LogP contribution < -0.4 is 5.73 Å². The maximum Gasteiger partial charge on any atom is 0.119 e. The van der Waals surface area contributed by atoms with Crippen molar-refractivity contribution in [3.8, 4) is 5.75 Å². The molecule has 0 heterocycles. The molecule has 0 amide bonds. The van der Waals surface area contributed by atoms with Gasteiger partial charge >= 0.3 is 0 Å². The van der Waals surface area contributed by atoms with Gasteiger partial charge in [0.2, 0.25) is 0 Å². The van der Waals surface area contributed by atoms with Crippen LogP contribution in [0.25, 0.3) is 0 Å². The second-order valence-electron chi connectivity index (χ2n) is 5.70. The standard InChI is InChI=1S/C13H21NO/c1-12(2,3)10-8-9(13(4,5)14)6-7-11(10)15/h6-8,15H,14H2,1-5H3. The van der Waals surface area contributed by atoms with Crippen LogP contribution in [-0.2, 0) is 11.0 Å². The summed E-state index contributed by atoms with van der Waals surface area (Å²) < 4.78 is 0. The number of phenols is 1. The highest BCUT2D eigenvalue weighted by atomic mass is 16.3. The molecule has 0 saturated carbocycles. The average Bonchev–Trinajstić information content (AvgIpc) is 2.00. The first-order valence-electron chi connectivity index (χ1n) is 5.25. The van der Waals surface area contributed by atoms with Crippen LogP contribution in [0.15, 0.2) is 18.2 Å². The molecule has 1 rings (SSSR count). The molecule has 0 saturated heterocycles. The number of hydrogen-bond acceptors (Lipinski definition) is 2. The molecule has 0 bridgehead atoms. The first kappa shape index (κ1) is 12.1. The number of aromatic hydroxyl groups is 1. The Morgan fingerprint density at radius 2 is 1.60 bits per heavy atom. The molecule has 0 atom stereocenters. The summed E-state index contributed by atoms with van der Waals surface area (Å²) in [6.45, 7) is 10.2. The number of rotatable bonds is 1. The van der Waals surface area contributed by atoms with E-state index in [4.69, 9.17) is 5.73 Å². The molecule has 0 aliphatic rings. The molecular formula is C13H21NO. The Bertz CT molecular complexity index is 356. The predicted molar refractivity (Wildman–Crippen MR) is 64.0 cm³/mol. The van der Waals surface area contributed by atoms with E-state index < -0.39 is 0 Å². The van der Waals surface area contributed by atoms with Crippen molar-refractivity contribution in [3.05, 3.63) is 29.3 Å². The third-order valence-electron chi connectivity index (χ3n) is 2.55. The zero-order chi connectivity index (χ0) is 11.9. The van der Waals surface area contributed by atoms with E-state index in [0.717, 1.165) is 11.1 Å². The summed E-state index contributed by atoms with van der Waals surface area (Å²) in [5, 5.41) is 9.80. The van der Waals surface area contributed by atoms with Crippen molar-refractivity contribution < 1.29 is 5.11 Å². The molecule has 2 nitrogen and oxygen atoms in total. The van der Waals surface area contributed by atoms with E-state index >= 15 is 0 Å². The van der Waals surface area contributed by atoms with Gasteiger partial charge in [-0.15, -0.1) is 0 Å². The van der Waals surface area contributed by atoms with Crippen LogP contribution in [0.1, 0.15) is 45.7 Å². The molecule has 0 aromatic heterocycles. The number of phenolic OH excluding ortho intramolecular Hbond substituents is 1. The first-order valence-corrected chi connectivity index (χ1v) is 5.25. The van der Waals surface area contributed by atoms with Crippen molar-refractivity contribution in [2.24, 2.45) is 5.73 Å². The number of nitrogens with two attached hydrogens (primary N) is 1. The van der Waals surface area contributed by atoms with Crippen LogP contribution in [0.3, 0.4) is 0 Å². The summed E-state index contributed by atoms with van der Waals surface area (Å²) in [5.74, 6) is 0.343. The lowest BCUT2D eigenvalue weighted by Gasteiger charge is -2.25. The monoisotopic (exact) mass is 207 g/mol. The first-order chi connectivity index (χ1) is 6.62. The van der Waals surface area contributed by atoms with Crippen LogP contribution in [0.2, 0.25) is 0 Å². The average molecular weight is 207 g/mol. The van der Waals surface area contributed by atoms with Gasteiger partial charge in [-0.25, -0.2) is 0 Å². The Balaban J connectivity index is 3.30. The Morgan fingerprint density at radius 3 is 2.00 bits per heavy atom. The molecule has 0 fully saturated rings. The Hall–Kier alpha value is -1.02. The van der Waals surface area contributed by atoms with Crippen molar-refractivity contribution >= 4 is 0 Å². The van der Waals surface area contributed by atoms with E-state index in [1.54, 1.807) is 6.07 Å². The summed E-state index contributed by atoms with van der Waals surface area (Å²) in [4.78, 5) is 0. The molecule has 0 radical (unpaired) electrons. The van der Waals surface area contributed by atoms with Gasteiger partial charge in [0.15, 0.2) is 0 Å². The molecule has 84 valence electrons. The van der Waals surface area contributed by atoms with E-state index in [2.05, 4.69) is 20.8 Å².